The van der Waals surface area contributed by atoms with E-state index in [4.69, 9.17) is 0 Å². The molecule has 4 rings (SSSR count). The van der Waals surface area contributed by atoms with E-state index < -0.39 is 33.2 Å². The summed E-state index contributed by atoms with van der Waals surface area (Å²) in [5.41, 5.74) is 1.94. The van der Waals surface area contributed by atoms with Crippen molar-refractivity contribution < 1.29 is 28.1 Å². The van der Waals surface area contributed by atoms with E-state index in [1.165, 1.54) is 34.6 Å². The topological polar surface area (TPSA) is 98.1 Å². The lowest BCUT2D eigenvalue weighted by Gasteiger charge is -2.48. The van der Waals surface area contributed by atoms with Gasteiger partial charge in [-0.2, -0.15) is 0 Å². The van der Waals surface area contributed by atoms with Crippen molar-refractivity contribution in [3.63, 3.8) is 0 Å². The number of para-hydroxylation sites is 1. The minimum Gasteiger partial charge on any atom is -0.508 e. The Morgan fingerprint density at radius 1 is 1.00 bits per heavy atom. The highest BCUT2D eigenvalue weighted by Crippen LogP contribution is 2.50. The average molecular weight is 458 g/mol. The second-order valence-electron chi connectivity index (χ2n) is 7.86. The normalized spacial score (nSPS) is 20.5. The Labute approximate surface area is 186 Å². The molecule has 0 bridgehead atoms. The van der Waals surface area contributed by atoms with Crippen LogP contribution in [0.15, 0.2) is 72.8 Å². The molecule has 1 fully saturated rings. The van der Waals surface area contributed by atoms with Gasteiger partial charge in [0.1, 0.15) is 16.8 Å². The van der Waals surface area contributed by atoms with E-state index in [0.29, 0.717) is 22.4 Å². The van der Waals surface area contributed by atoms with Gasteiger partial charge in [0.05, 0.1) is 24.4 Å². The summed E-state index contributed by atoms with van der Waals surface area (Å²) in [6, 6.07) is 18.1. The monoisotopic (exact) mass is 457 g/mol. The van der Waals surface area contributed by atoms with Gasteiger partial charge in [0.15, 0.2) is 0 Å². The van der Waals surface area contributed by atoms with Crippen molar-refractivity contribution in [2.24, 2.45) is 0 Å². The summed E-state index contributed by atoms with van der Waals surface area (Å²) < 4.78 is 40.9. The Balaban J connectivity index is 1.64. The summed E-state index contributed by atoms with van der Waals surface area (Å²) in [6.07, 6.45) is -0.636. The zero-order chi connectivity index (χ0) is 22.9. The Hall–Kier alpha value is -2.94. The SMILES string of the molecule is O=S1(=O)[C@@H](CCC(O)c2ccc(F)cc2)[C@@H](c2ccc(CO)cc2O)N1c1ccccc1. The molecule has 3 atom stereocenters. The number of phenolic OH excluding ortho intramolecular Hbond substituents is 1. The summed E-state index contributed by atoms with van der Waals surface area (Å²) >= 11 is 0. The molecular weight excluding hydrogens is 433 g/mol. The first-order valence-corrected chi connectivity index (χ1v) is 11.8. The summed E-state index contributed by atoms with van der Waals surface area (Å²) in [7, 11) is -3.73. The lowest BCUT2D eigenvalue weighted by Crippen LogP contribution is -2.58. The maximum atomic E-state index is 13.2. The van der Waals surface area contributed by atoms with Gasteiger partial charge >= 0.3 is 0 Å². The molecule has 8 heteroatoms. The van der Waals surface area contributed by atoms with Gasteiger partial charge in [-0.3, -0.25) is 4.31 Å². The molecule has 168 valence electrons. The highest BCUT2D eigenvalue weighted by atomic mass is 32.2. The van der Waals surface area contributed by atoms with E-state index in [1.54, 1.807) is 42.5 Å². The van der Waals surface area contributed by atoms with Crippen molar-refractivity contribution >= 4 is 15.7 Å². The predicted octanol–water partition coefficient (Wildman–Crippen LogP) is 3.80. The molecule has 0 amide bonds. The number of halogens is 1. The molecule has 1 unspecified atom stereocenters. The molecule has 3 aromatic carbocycles. The maximum Gasteiger partial charge on any atom is 0.241 e. The van der Waals surface area contributed by atoms with Crippen LogP contribution < -0.4 is 4.31 Å². The first kappa shape index (κ1) is 22.3. The van der Waals surface area contributed by atoms with Crippen LogP contribution in [0.4, 0.5) is 10.1 Å². The molecule has 0 aromatic heterocycles. The highest BCUT2D eigenvalue weighted by Gasteiger charge is 2.54. The summed E-state index contributed by atoms with van der Waals surface area (Å²) in [6.45, 7) is -0.244. The fourth-order valence-electron chi connectivity index (χ4n) is 4.18. The molecule has 0 aliphatic carbocycles. The van der Waals surface area contributed by atoms with Gasteiger partial charge in [0.2, 0.25) is 10.0 Å². The number of phenols is 1. The molecule has 6 nitrogen and oxygen atoms in total. The molecule has 1 heterocycles. The number of nitrogens with zero attached hydrogens (tertiary/aromatic N) is 1. The third-order valence-electron chi connectivity index (χ3n) is 5.85. The van der Waals surface area contributed by atoms with Crippen LogP contribution in [-0.4, -0.2) is 29.0 Å². The van der Waals surface area contributed by atoms with E-state index >= 15 is 0 Å². The molecule has 0 spiro atoms. The third-order valence-corrected chi connectivity index (χ3v) is 8.09. The molecule has 0 radical (unpaired) electrons. The first-order chi connectivity index (χ1) is 15.3. The van der Waals surface area contributed by atoms with Crippen LogP contribution >= 0.6 is 0 Å². The fraction of sp³-hybridized carbons (Fsp3) is 0.250. The molecule has 1 aliphatic rings. The number of rotatable bonds is 7. The fourth-order valence-corrected chi connectivity index (χ4v) is 6.30. The van der Waals surface area contributed by atoms with Gasteiger partial charge in [-0.1, -0.05) is 42.5 Å². The van der Waals surface area contributed by atoms with Crippen LogP contribution in [0.1, 0.15) is 41.7 Å². The first-order valence-electron chi connectivity index (χ1n) is 10.3. The summed E-state index contributed by atoms with van der Waals surface area (Å²) in [5.74, 6) is -0.510. The highest BCUT2D eigenvalue weighted by molar-refractivity contribution is 7.95. The predicted molar refractivity (Wildman–Crippen MR) is 119 cm³/mol. The van der Waals surface area contributed by atoms with E-state index in [1.807, 2.05) is 0 Å². The molecule has 0 saturated carbocycles. The van der Waals surface area contributed by atoms with Crippen LogP contribution in [0.2, 0.25) is 0 Å². The Bertz CT molecular complexity index is 1180. The number of sulfonamides is 1. The zero-order valence-corrected chi connectivity index (χ0v) is 18.0. The van der Waals surface area contributed by atoms with E-state index in [-0.39, 0.29) is 25.2 Å². The molecule has 32 heavy (non-hydrogen) atoms. The number of anilines is 1. The zero-order valence-electron chi connectivity index (χ0n) is 17.2. The van der Waals surface area contributed by atoms with Gasteiger partial charge < -0.3 is 15.3 Å². The van der Waals surface area contributed by atoms with Crippen molar-refractivity contribution in [2.45, 2.75) is 36.8 Å². The average Bonchev–Trinajstić information content (AvgIpc) is 2.78. The van der Waals surface area contributed by atoms with Crippen LogP contribution in [0.5, 0.6) is 5.75 Å². The second-order valence-corrected chi connectivity index (χ2v) is 9.88. The van der Waals surface area contributed by atoms with Gasteiger partial charge in [-0.05, 0) is 54.3 Å². The lowest BCUT2D eigenvalue weighted by molar-refractivity contribution is 0.162. The third kappa shape index (κ3) is 4.09. The standard InChI is InChI=1S/C24H24FNO5S/c25-18-9-7-17(8-10-18)21(28)12-13-23-24(20-11-6-16(15-27)14-22(20)29)26(32(23,30)31)19-4-2-1-3-5-19/h1-11,14,21,23-24,27-29H,12-13,15H2/t21?,23-,24+/m0/s1. The summed E-state index contributed by atoms with van der Waals surface area (Å²) in [5, 5.41) is 29.6. The van der Waals surface area contributed by atoms with Gasteiger partial charge in [0, 0.05) is 5.56 Å². The van der Waals surface area contributed by atoms with Crippen LogP contribution in [0.3, 0.4) is 0 Å². The number of hydrogen-bond donors (Lipinski definition) is 3. The van der Waals surface area contributed by atoms with Crippen molar-refractivity contribution in [1.82, 2.24) is 0 Å². The molecule has 1 saturated heterocycles. The minimum absolute atomic E-state index is 0.0959. The number of aromatic hydroxyl groups is 1. The Morgan fingerprint density at radius 2 is 1.69 bits per heavy atom. The second kappa shape index (κ2) is 8.90. The number of benzene rings is 3. The number of aliphatic hydroxyl groups excluding tert-OH is 2. The molecular formula is C24H24FNO5S. The van der Waals surface area contributed by atoms with Gasteiger partial charge in [-0.15, -0.1) is 0 Å². The minimum atomic E-state index is -3.73. The van der Waals surface area contributed by atoms with Crippen molar-refractivity contribution in [3.05, 3.63) is 95.3 Å². The lowest BCUT2D eigenvalue weighted by atomic mass is 9.95. The molecule has 3 N–H and O–H groups in total. The van der Waals surface area contributed by atoms with E-state index in [0.717, 1.165) is 0 Å². The maximum absolute atomic E-state index is 13.2. The Kier molecular flexibility index (Phi) is 6.19. The van der Waals surface area contributed by atoms with Gasteiger partial charge in [-0.25, -0.2) is 12.8 Å². The van der Waals surface area contributed by atoms with Crippen LogP contribution in [0, 0.1) is 5.82 Å². The smallest absolute Gasteiger partial charge is 0.241 e. The number of hydrogen-bond acceptors (Lipinski definition) is 5. The quantitative estimate of drug-likeness (QED) is 0.501. The number of aliphatic hydroxyl groups is 2. The van der Waals surface area contributed by atoms with Crippen molar-refractivity contribution in [3.8, 4) is 5.75 Å². The van der Waals surface area contributed by atoms with Crippen molar-refractivity contribution in [1.29, 1.82) is 0 Å². The Morgan fingerprint density at radius 3 is 2.31 bits per heavy atom. The van der Waals surface area contributed by atoms with Gasteiger partial charge in [0.25, 0.3) is 0 Å². The van der Waals surface area contributed by atoms with Crippen molar-refractivity contribution in [2.75, 3.05) is 4.31 Å². The van der Waals surface area contributed by atoms with E-state index in [9.17, 15) is 28.1 Å². The molecule has 1 aliphatic heterocycles. The summed E-state index contributed by atoms with van der Waals surface area (Å²) in [4.78, 5) is 0. The largest absolute Gasteiger partial charge is 0.508 e. The van der Waals surface area contributed by atoms with Crippen LogP contribution in [-0.2, 0) is 16.6 Å². The van der Waals surface area contributed by atoms with E-state index in [2.05, 4.69) is 0 Å². The molecule has 3 aromatic rings. The van der Waals surface area contributed by atoms with Crippen LogP contribution in [0.25, 0.3) is 0 Å².